The maximum atomic E-state index is 12.2. The minimum Gasteiger partial charge on any atom is -0.534 e. The number of hydrogen-bond acceptors (Lipinski definition) is 5. The highest BCUT2D eigenvalue weighted by Crippen LogP contribution is 2.30. The fourth-order valence-electron chi connectivity index (χ4n) is 2.66. The Morgan fingerprint density at radius 1 is 1.21 bits per heavy atom. The largest absolute Gasteiger partial charge is 0.547 e. The topological polar surface area (TPSA) is 84.9 Å². The molecule has 24 heavy (non-hydrogen) atoms. The number of esters is 1. The molecule has 0 radical (unpaired) electrons. The molecule has 0 aromatic heterocycles. The third-order valence-electron chi connectivity index (χ3n) is 3.88. The van der Waals surface area contributed by atoms with Gasteiger partial charge < -0.3 is 19.7 Å². The molecule has 0 saturated carbocycles. The van der Waals surface area contributed by atoms with Crippen LogP contribution in [-0.2, 0) is 11.2 Å². The number of para-hydroxylation sites is 1. The van der Waals surface area contributed by atoms with Crippen LogP contribution in [0.5, 0.6) is 5.75 Å². The Bertz CT molecular complexity index is 765. The van der Waals surface area contributed by atoms with Crippen LogP contribution in [0.3, 0.4) is 0 Å². The summed E-state index contributed by atoms with van der Waals surface area (Å²) in [6.07, 6.45) is 0.347. The van der Waals surface area contributed by atoms with Gasteiger partial charge in [0.05, 0.1) is 13.1 Å². The number of carbonyl (C=O) groups excluding carboxylic acids is 2. The van der Waals surface area contributed by atoms with E-state index < -0.39 is 19.0 Å². The van der Waals surface area contributed by atoms with Gasteiger partial charge in [-0.3, -0.25) is 4.79 Å². The molecular weight excluding hydrogens is 309 g/mol. The fourth-order valence-corrected chi connectivity index (χ4v) is 2.66. The number of benzene rings is 2. The Balaban J connectivity index is 1.80. The molecule has 0 spiro atoms. The molecule has 1 amide bonds. The number of rotatable bonds is 3. The van der Waals surface area contributed by atoms with Crippen LogP contribution in [0.15, 0.2) is 48.5 Å². The quantitative estimate of drug-likeness (QED) is 0.655. The highest BCUT2D eigenvalue weighted by Gasteiger charge is 2.37. The third-order valence-corrected chi connectivity index (χ3v) is 3.88. The van der Waals surface area contributed by atoms with Gasteiger partial charge in [0.1, 0.15) is 11.3 Å². The van der Waals surface area contributed by atoms with Crippen LogP contribution in [0, 0.1) is 0 Å². The van der Waals surface area contributed by atoms with Crippen molar-refractivity contribution in [2.24, 2.45) is 0 Å². The zero-order valence-electron chi connectivity index (χ0n) is 13.1. The van der Waals surface area contributed by atoms with Crippen molar-refractivity contribution >= 4 is 19.0 Å². The summed E-state index contributed by atoms with van der Waals surface area (Å²) in [5, 5.41) is 13.0. The number of hydrogen-bond donors (Lipinski definition) is 2. The summed E-state index contributed by atoms with van der Waals surface area (Å²) in [6.45, 7) is 0. The van der Waals surface area contributed by atoms with Gasteiger partial charge in [0.2, 0.25) is 0 Å². The first kappa shape index (κ1) is 16.1. The van der Waals surface area contributed by atoms with Gasteiger partial charge in [-0.2, -0.15) is 0 Å². The fraction of sp³-hybridized carbons (Fsp3) is 0.176. The van der Waals surface area contributed by atoms with Crippen LogP contribution in [-0.4, -0.2) is 37.1 Å². The standard InChI is InChI=1S/C17H16BNO5/c1-23-17(21)13-9-5-8-12-10-14(18(22)24-15(12)13)19-16(20)11-6-3-2-4-7-11/h2-9,14,22H,10H2,1H3,(H,19,20)/t14-/m0/s1. The van der Waals surface area contributed by atoms with Gasteiger partial charge in [0.15, 0.2) is 0 Å². The van der Waals surface area contributed by atoms with Crippen molar-refractivity contribution in [3.05, 3.63) is 65.2 Å². The smallest absolute Gasteiger partial charge is 0.534 e. The molecule has 3 rings (SSSR count). The minimum absolute atomic E-state index is 0.252. The second-order valence-corrected chi connectivity index (χ2v) is 5.44. The van der Waals surface area contributed by atoms with E-state index in [2.05, 4.69) is 5.32 Å². The molecule has 2 aromatic rings. The Hall–Kier alpha value is -2.80. The molecular formula is C17H16BNO5. The molecule has 122 valence electrons. The van der Waals surface area contributed by atoms with E-state index in [4.69, 9.17) is 9.39 Å². The van der Waals surface area contributed by atoms with Crippen molar-refractivity contribution in [2.45, 2.75) is 12.4 Å². The summed E-state index contributed by atoms with van der Waals surface area (Å²) in [6, 6.07) is 13.8. The van der Waals surface area contributed by atoms with Gasteiger partial charge in [-0.25, -0.2) is 4.79 Å². The number of fused-ring (bicyclic) bond motifs is 1. The van der Waals surface area contributed by atoms with Crippen LogP contribution in [0.2, 0.25) is 0 Å². The summed E-state index contributed by atoms with van der Waals surface area (Å²) in [7, 11) is 0.0279. The molecule has 1 heterocycles. The molecule has 1 aliphatic rings. The van der Waals surface area contributed by atoms with Crippen molar-refractivity contribution in [1.29, 1.82) is 0 Å². The van der Waals surface area contributed by atoms with Gasteiger partial charge in [0, 0.05) is 5.56 Å². The highest BCUT2D eigenvalue weighted by molar-refractivity contribution is 6.47. The molecule has 0 unspecified atom stereocenters. The second kappa shape index (κ2) is 6.76. The molecule has 2 N–H and O–H groups in total. The number of nitrogens with one attached hydrogen (secondary N) is 1. The van der Waals surface area contributed by atoms with Crippen molar-refractivity contribution in [3.8, 4) is 5.75 Å². The van der Waals surface area contributed by atoms with E-state index in [1.165, 1.54) is 7.11 Å². The second-order valence-electron chi connectivity index (χ2n) is 5.44. The van der Waals surface area contributed by atoms with Crippen LogP contribution in [0.1, 0.15) is 26.3 Å². The Morgan fingerprint density at radius 3 is 2.67 bits per heavy atom. The molecule has 0 saturated heterocycles. The summed E-state index contributed by atoms with van der Waals surface area (Å²) in [5.41, 5.74) is 1.47. The van der Waals surface area contributed by atoms with E-state index in [-0.39, 0.29) is 11.5 Å². The van der Waals surface area contributed by atoms with Crippen LogP contribution < -0.4 is 9.97 Å². The minimum atomic E-state index is -1.25. The Morgan fingerprint density at radius 2 is 1.96 bits per heavy atom. The summed E-state index contributed by atoms with van der Waals surface area (Å²) in [5.74, 6) is -1.15. The first-order valence-corrected chi connectivity index (χ1v) is 7.51. The SMILES string of the molecule is COC(=O)c1cccc2c1OB(O)[C@@H](NC(=O)c1ccccc1)C2. The number of carbonyl (C=O) groups is 2. The molecule has 0 bridgehead atoms. The van der Waals surface area contributed by atoms with Crippen LogP contribution >= 0.6 is 0 Å². The van der Waals surface area contributed by atoms with Crippen molar-refractivity contribution < 1.29 is 24.0 Å². The zero-order chi connectivity index (χ0) is 17.1. The van der Waals surface area contributed by atoms with E-state index >= 15 is 0 Å². The van der Waals surface area contributed by atoms with E-state index in [9.17, 15) is 14.6 Å². The highest BCUT2D eigenvalue weighted by atomic mass is 16.5. The van der Waals surface area contributed by atoms with Crippen LogP contribution in [0.4, 0.5) is 0 Å². The summed E-state index contributed by atoms with van der Waals surface area (Å²) >= 11 is 0. The summed E-state index contributed by atoms with van der Waals surface area (Å²) in [4.78, 5) is 24.0. The van der Waals surface area contributed by atoms with E-state index in [0.717, 1.165) is 5.56 Å². The molecule has 7 heteroatoms. The first-order chi connectivity index (χ1) is 11.6. The van der Waals surface area contributed by atoms with Gasteiger partial charge in [0.25, 0.3) is 5.91 Å². The maximum absolute atomic E-state index is 12.2. The zero-order valence-corrected chi connectivity index (χ0v) is 13.1. The third kappa shape index (κ3) is 3.11. The monoisotopic (exact) mass is 325 g/mol. The summed E-state index contributed by atoms with van der Waals surface area (Å²) < 4.78 is 10.2. The molecule has 0 fully saturated rings. The lowest BCUT2D eigenvalue weighted by Crippen LogP contribution is -2.53. The molecule has 6 nitrogen and oxygen atoms in total. The van der Waals surface area contributed by atoms with Crippen LogP contribution in [0.25, 0.3) is 0 Å². The average molecular weight is 325 g/mol. The molecule has 0 aliphatic carbocycles. The van der Waals surface area contributed by atoms with Crippen molar-refractivity contribution in [3.63, 3.8) is 0 Å². The molecule has 1 atom stereocenters. The van der Waals surface area contributed by atoms with Crippen molar-refractivity contribution in [1.82, 2.24) is 5.32 Å². The molecule has 1 aliphatic heterocycles. The van der Waals surface area contributed by atoms with E-state index in [0.29, 0.717) is 17.7 Å². The Kier molecular flexibility index (Phi) is 4.53. The van der Waals surface area contributed by atoms with Gasteiger partial charge in [-0.05, 0) is 30.2 Å². The predicted octanol–water partition coefficient (Wildman–Crippen LogP) is 1.23. The maximum Gasteiger partial charge on any atom is 0.547 e. The van der Waals surface area contributed by atoms with E-state index in [1.807, 2.05) is 6.07 Å². The van der Waals surface area contributed by atoms with Gasteiger partial charge in [-0.1, -0.05) is 30.3 Å². The van der Waals surface area contributed by atoms with Gasteiger partial charge in [-0.15, -0.1) is 0 Å². The van der Waals surface area contributed by atoms with Gasteiger partial charge >= 0.3 is 13.1 Å². The lowest BCUT2D eigenvalue weighted by atomic mass is 9.72. The predicted molar refractivity (Wildman–Crippen MR) is 87.8 cm³/mol. The van der Waals surface area contributed by atoms with E-state index in [1.54, 1.807) is 42.5 Å². The van der Waals surface area contributed by atoms with Crippen molar-refractivity contribution in [2.75, 3.05) is 7.11 Å². The Labute approximate surface area is 139 Å². The average Bonchev–Trinajstić information content (AvgIpc) is 2.62. The first-order valence-electron chi connectivity index (χ1n) is 7.51. The molecule has 2 aromatic carbocycles. The number of ether oxygens (including phenoxy) is 1. The lowest BCUT2D eigenvalue weighted by molar-refractivity contribution is 0.0597. The number of methoxy groups -OCH3 is 1. The lowest BCUT2D eigenvalue weighted by Gasteiger charge is -2.29. The number of amides is 1. The normalized spacial score (nSPS) is 15.9.